The van der Waals surface area contributed by atoms with Crippen LogP contribution in [-0.2, 0) is 6.54 Å². The Morgan fingerprint density at radius 2 is 2.32 bits per heavy atom. The first kappa shape index (κ1) is 13.0. The summed E-state index contributed by atoms with van der Waals surface area (Å²) in [7, 11) is 0. The minimum absolute atomic E-state index is 0.00719. The molecule has 0 atom stereocenters. The molecule has 0 bridgehead atoms. The van der Waals surface area contributed by atoms with E-state index in [1.54, 1.807) is 11.6 Å². The molecule has 0 spiro atoms. The van der Waals surface area contributed by atoms with Gasteiger partial charge >= 0.3 is 5.97 Å². The van der Waals surface area contributed by atoms with Gasteiger partial charge in [-0.15, -0.1) is 11.3 Å². The third-order valence-electron chi connectivity index (χ3n) is 2.35. The molecule has 8 heteroatoms. The van der Waals surface area contributed by atoms with Crippen LogP contribution < -0.4 is 5.32 Å². The molecule has 19 heavy (non-hydrogen) atoms. The quantitative estimate of drug-likeness (QED) is 0.643. The van der Waals surface area contributed by atoms with Crippen LogP contribution in [0.2, 0.25) is 0 Å². The van der Waals surface area contributed by atoms with Crippen LogP contribution in [0.25, 0.3) is 0 Å². The number of aromatic carboxylic acids is 1. The molecule has 2 N–H and O–H groups in total. The van der Waals surface area contributed by atoms with Gasteiger partial charge in [-0.1, -0.05) is 0 Å². The predicted molar refractivity (Wildman–Crippen MR) is 69.5 cm³/mol. The Labute approximate surface area is 111 Å². The Hall–Kier alpha value is -2.48. The van der Waals surface area contributed by atoms with Crippen LogP contribution in [0.15, 0.2) is 29.8 Å². The maximum Gasteiger partial charge on any atom is 0.335 e. The first-order valence-electron chi connectivity index (χ1n) is 5.22. The van der Waals surface area contributed by atoms with Crippen molar-refractivity contribution in [3.63, 3.8) is 0 Å². The molecule has 1 aromatic heterocycles. The molecule has 1 aromatic carbocycles. The summed E-state index contributed by atoms with van der Waals surface area (Å²) in [6.07, 6.45) is 1.63. The number of nitro benzene ring substituents is 1. The van der Waals surface area contributed by atoms with E-state index in [1.807, 2.05) is 0 Å². The summed E-state index contributed by atoms with van der Waals surface area (Å²) in [5, 5.41) is 25.1. The Kier molecular flexibility index (Phi) is 3.71. The lowest BCUT2D eigenvalue weighted by Gasteiger charge is -2.06. The molecule has 0 aliphatic heterocycles. The summed E-state index contributed by atoms with van der Waals surface area (Å²) in [5.74, 6) is -1.13. The fourth-order valence-corrected chi connectivity index (χ4v) is 2.04. The van der Waals surface area contributed by atoms with Gasteiger partial charge in [0.2, 0.25) is 0 Å². The number of nitro groups is 1. The zero-order valence-corrected chi connectivity index (χ0v) is 10.4. The van der Waals surface area contributed by atoms with Crippen LogP contribution >= 0.6 is 11.3 Å². The van der Waals surface area contributed by atoms with E-state index in [2.05, 4.69) is 10.3 Å². The molecule has 0 aliphatic carbocycles. The van der Waals surface area contributed by atoms with Gasteiger partial charge in [0.25, 0.3) is 5.69 Å². The lowest BCUT2D eigenvalue weighted by Crippen LogP contribution is -2.05. The standard InChI is InChI=1S/C11H9N3O4S/c15-11(16)7-1-2-9(14(17)18)8(5-7)13-6-10-12-3-4-19-10/h1-5,13H,6H2,(H,15,16). The molecule has 0 unspecified atom stereocenters. The fraction of sp³-hybridized carbons (Fsp3) is 0.0909. The zero-order valence-electron chi connectivity index (χ0n) is 9.57. The van der Waals surface area contributed by atoms with E-state index >= 15 is 0 Å². The van der Waals surface area contributed by atoms with Crippen LogP contribution in [0.3, 0.4) is 0 Å². The summed E-state index contributed by atoms with van der Waals surface area (Å²) in [6, 6.07) is 3.62. The Morgan fingerprint density at radius 3 is 2.89 bits per heavy atom. The second-order valence-corrected chi connectivity index (χ2v) is 4.55. The van der Waals surface area contributed by atoms with E-state index in [9.17, 15) is 14.9 Å². The number of nitrogens with zero attached hydrogens (tertiary/aromatic N) is 2. The molecule has 0 amide bonds. The Balaban J connectivity index is 2.27. The monoisotopic (exact) mass is 279 g/mol. The largest absolute Gasteiger partial charge is 0.478 e. The second kappa shape index (κ2) is 5.44. The third kappa shape index (κ3) is 3.05. The highest BCUT2D eigenvalue weighted by atomic mass is 32.1. The summed E-state index contributed by atoms with van der Waals surface area (Å²) < 4.78 is 0. The minimum atomic E-state index is -1.13. The van der Waals surface area contributed by atoms with Gasteiger partial charge in [-0.25, -0.2) is 9.78 Å². The van der Waals surface area contributed by atoms with Gasteiger partial charge in [-0.05, 0) is 12.1 Å². The topological polar surface area (TPSA) is 105 Å². The maximum absolute atomic E-state index is 10.9. The van der Waals surface area contributed by atoms with Crippen molar-refractivity contribution in [2.75, 3.05) is 5.32 Å². The van der Waals surface area contributed by atoms with Crippen LogP contribution in [0.1, 0.15) is 15.4 Å². The lowest BCUT2D eigenvalue weighted by molar-refractivity contribution is -0.384. The number of hydrogen-bond donors (Lipinski definition) is 2. The molecule has 0 fully saturated rings. The summed E-state index contributed by atoms with van der Waals surface area (Å²) in [6.45, 7) is 0.307. The average Bonchev–Trinajstić information content (AvgIpc) is 2.88. The average molecular weight is 279 g/mol. The SMILES string of the molecule is O=C(O)c1ccc([N+](=O)[O-])c(NCc2nccs2)c1. The number of hydrogen-bond acceptors (Lipinski definition) is 6. The first-order valence-corrected chi connectivity index (χ1v) is 6.10. The van der Waals surface area contributed by atoms with Gasteiger partial charge in [-0.2, -0.15) is 0 Å². The van der Waals surface area contributed by atoms with Crippen molar-refractivity contribution in [1.29, 1.82) is 0 Å². The van der Waals surface area contributed by atoms with Gasteiger partial charge in [0.1, 0.15) is 10.7 Å². The molecule has 2 rings (SSSR count). The zero-order chi connectivity index (χ0) is 13.8. The van der Waals surface area contributed by atoms with Gasteiger partial charge in [0.15, 0.2) is 0 Å². The minimum Gasteiger partial charge on any atom is -0.478 e. The number of aromatic nitrogens is 1. The number of anilines is 1. The summed E-state index contributed by atoms with van der Waals surface area (Å²) in [5.41, 5.74) is -0.00565. The molecular weight excluding hydrogens is 270 g/mol. The smallest absolute Gasteiger partial charge is 0.335 e. The maximum atomic E-state index is 10.9. The van der Waals surface area contributed by atoms with E-state index in [-0.39, 0.29) is 16.9 Å². The number of thiazole rings is 1. The molecular formula is C11H9N3O4S. The molecule has 0 saturated heterocycles. The second-order valence-electron chi connectivity index (χ2n) is 3.57. The number of carboxylic acid groups (broad SMARTS) is 1. The lowest BCUT2D eigenvalue weighted by atomic mass is 10.1. The Bertz CT molecular complexity index is 612. The first-order chi connectivity index (χ1) is 9.08. The van der Waals surface area contributed by atoms with Crippen LogP contribution in [0, 0.1) is 10.1 Å². The normalized spacial score (nSPS) is 10.1. The van der Waals surface area contributed by atoms with Crippen LogP contribution in [-0.4, -0.2) is 21.0 Å². The summed E-state index contributed by atoms with van der Waals surface area (Å²) in [4.78, 5) is 25.2. The van der Waals surface area contributed by atoms with Crippen molar-refractivity contribution in [2.45, 2.75) is 6.54 Å². The highest BCUT2D eigenvalue weighted by molar-refractivity contribution is 7.09. The Morgan fingerprint density at radius 1 is 1.53 bits per heavy atom. The number of carbonyl (C=O) groups is 1. The van der Waals surface area contributed by atoms with Crippen molar-refractivity contribution in [3.05, 3.63) is 50.5 Å². The number of carboxylic acids is 1. The van der Waals surface area contributed by atoms with Crippen molar-refractivity contribution < 1.29 is 14.8 Å². The van der Waals surface area contributed by atoms with E-state index < -0.39 is 10.9 Å². The molecule has 1 heterocycles. The van der Waals surface area contributed by atoms with Crippen molar-refractivity contribution in [1.82, 2.24) is 4.98 Å². The fourth-order valence-electron chi connectivity index (χ4n) is 1.48. The van der Waals surface area contributed by atoms with Crippen molar-refractivity contribution in [3.8, 4) is 0 Å². The van der Waals surface area contributed by atoms with Crippen molar-refractivity contribution in [2.24, 2.45) is 0 Å². The molecule has 7 nitrogen and oxygen atoms in total. The van der Waals surface area contributed by atoms with E-state index in [4.69, 9.17) is 5.11 Å². The van der Waals surface area contributed by atoms with Crippen LogP contribution in [0.4, 0.5) is 11.4 Å². The molecule has 0 aliphatic rings. The highest BCUT2D eigenvalue weighted by Crippen LogP contribution is 2.26. The molecule has 2 aromatic rings. The number of nitrogens with one attached hydrogen (secondary N) is 1. The number of rotatable bonds is 5. The molecule has 0 saturated carbocycles. The highest BCUT2D eigenvalue weighted by Gasteiger charge is 2.16. The third-order valence-corrected chi connectivity index (χ3v) is 3.13. The van der Waals surface area contributed by atoms with Gasteiger partial charge in [0.05, 0.1) is 17.0 Å². The number of benzene rings is 1. The van der Waals surface area contributed by atoms with E-state index in [0.29, 0.717) is 6.54 Å². The van der Waals surface area contributed by atoms with E-state index in [1.165, 1.54) is 29.5 Å². The van der Waals surface area contributed by atoms with Gasteiger partial charge in [0, 0.05) is 17.6 Å². The molecule has 98 valence electrons. The predicted octanol–water partition coefficient (Wildman–Crippen LogP) is 2.36. The van der Waals surface area contributed by atoms with Gasteiger partial charge < -0.3 is 10.4 Å². The molecule has 0 radical (unpaired) electrons. The van der Waals surface area contributed by atoms with Crippen molar-refractivity contribution >= 4 is 28.7 Å². The van der Waals surface area contributed by atoms with E-state index in [0.717, 1.165) is 5.01 Å². The van der Waals surface area contributed by atoms with Crippen LogP contribution in [0.5, 0.6) is 0 Å². The summed E-state index contributed by atoms with van der Waals surface area (Å²) >= 11 is 1.41. The van der Waals surface area contributed by atoms with Gasteiger partial charge in [-0.3, -0.25) is 10.1 Å².